The van der Waals surface area contributed by atoms with Crippen LogP contribution in [0.25, 0.3) is 0 Å². The molecule has 1 aromatic rings. The summed E-state index contributed by atoms with van der Waals surface area (Å²) in [6, 6.07) is 8.58. The van der Waals surface area contributed by atoms with E-state index in [0.29, 0.717) is 17.8 Å². The van der Waals surface area contributed by atoms with Gasteiger partial charge in [-0.2, -0.15) is 0 Å². The number of aromatic hydroxyl groups is 1. The summed E-state index contributed by atoms with van der Waals surface area (Å²) in [4.78, 5) is 2.56. The number of piperidine rings is 1. The lowest BCUT2D eigenvalue weighted by molar-refractivity contribution is 0.113. The maximum Gasteiger partial charge on any atom is 0.120 e. The summed E-state index contributed by atoms with van der Waals surface area (Å²) in [5.74, 6) is 1.15. The van der Waals surface area contributed by atoms with Gasteiger partial charge in [-0.1, -0.05) is 25.1 Å². The molecule has 2 atom stereocenters. The summed E-state index contributed by atoms with van der Waals surface area (Å²) in [6.07, 6.45) is 3.62. The van der Waals surface area contributed by atoms with E-state index in [-0.39, 0.29) is 0 Å². The molecule has 1 fully saturated rings. The molecule has 2 rings (SSSR count). The fourth-order valence-electron chi connectivity index (χ4n) is 3.48. The molecule has 1 aliphatic heterocycles. The quantitative estimate of drug-likeness (QED) is 0.841. The Morgan fingerprint density at radius 3 is 2.67 bits per heavy atom. The average molecular weight is 290 g/mol. The topological polar surface area (TPSA) is 35.5 Å². The van der Waals surface area contributed by atoms with Gasteiger partial charge < -0.3 is 10.4 Å². The zero-order valence-electron chi connectivity index (χ0n) is 13.7. The summed E-state index contributed by atoms with van der Waals surface area (Å²) < 4.78 is 0. The van der Waals surface area contributed by atoms with Crippen LogP contribution in [0.1, 0.15) is 51.6 Å². The van der Waals surface area contributed by atoms with Crippen LogP contribution < -0.4 is 5.32 Å². The molecule has 1 aliphatic rings. The van der Waals surface area contributed by atoms with Gasteiger partial charge in [-0.25, -0.2) is 0 Å². The molecule has 21 heavy (non-hydrogen) atoms. The Balaban J connectivity index is 2.16. The van der Waals surface area contributed by atoms with Crippen LogP contribution in [0.5, 0.6) is 5.75 Å². The second-order valence-electron chi connectivity index (χ2n) is 6.49. The molecule has 118 valence electrons. The molecule has 2 unspecified atom stereocenters. The van der Waals surface area contributed by atoms with E-state index >= 15 is 0 Å². The number of nitrogens with zero attached hydrogens (tertiary/aromatic N) is 1. The van der Waals surface area contributed by atoms with Crippen LogP contribution in [-0.4, -0.2) is 35.7 Å². The Kier molecular flexibility index (Phi) is 6.07. The van der Waals surface area contributed by atoms with E-state index in [1.165, 1.54) is 12.8 Å². The van der Waals surface area contributed by atoms with Crippen molar-refractivity contribution in [1.29, 1.82) is 0 Å². The van der Waals surface area contributed by atoms with Gasteiger partial charge in [-0.05, 0) is 58.2 Å². The van der Waals surface area contributed by atoms with Crippen molar-refractivity contribution in [2.75, 3.05) is 19.6 Å². The minimum absolute atomic E-state index is 0.299. The minimum Gasteiger partial charge on any atom is -0.508 e. The number of phenolic OH excluding ortho intramolecular Hbond substituents is 1. The lowest BCUT2D eigenvalue weighted by Crippen LogP contribution is -2.42. The maximum atomic E-state index is 10.2. The van der Waals surface area contributed by atoms with Crippen molar-refractivity contribution in [2.45, 2.75) is 52.1 Å². The predicted octanol–water partition coefficient (Wildman–Crippen LogP) is 3.55. The van der Waals surface area contributed by atoms with E-state index in [9.17, 15) is 5.11 Å². The number of nitrogens with one attached hydrogen (secondary N) is 1. The summed E-state index contributed by atoms with van der Waals surface area (Å²) in [7, 11) is 0. The SMILES string of the molecule is CCC(c1ccccc1O)N(CC1CCCNC1)C(C)C. The second kappa shape index (κ2) is 7.81. The van der Waals surface area contributed by atoms with Gasteiger partial charge in [0.05, 0.1) is 0 Å². The Bertz CT molecular complexity index is 427. The van der Waals surface area contributed by atoms with Crippen molar-refractivity contribution in [1.82, 2.24) is 10.2 Å². The minimum atomic E-state index is 0.299. The third-order valence-electron chi connectivity index (χ3n) is 4.61. The molecule has 3 nitrogen and oxygen atoms in total. The van der Waals surface area contributed by atoms with E-state index in [0.717, 1.165) is 37.5 Å². The number of rotatable bonds is 6. The van der Waals surface area contributed by atoms with Gasteiger partial charge in [0.2, 0.25) is 0 Å². The first-order chi connectivity index (χ1) is 10.1. The molecular weight excluding hydrogens is 260 g/mol. The molecule has 0 aromatic heterocycles. The van der Waals surface area contributed by atoms with Gasteiger partial charge in [-0.3, -0.25) is 4.90 Å². The zero-order valence-corrected chi connectivity index (χ0v) is 13.7. The summed E-state index contributed by atoms with van der Waals surface area (Å²) >= 11 is 0. The van der Waals surface area contributed by atoms with E-state index < -0.39 is 0 Å². The number of hydrogen-bond donors (Lipinski definition) is 2. The highest BCUT2D eigenvalue weighted by molar-refractivity contribution is 5.34. The van der Waals surface area contributed by atoms with Crippen molar-refractivity contribution in [3.8, 4) is 5.75 Å². The van der Waals surface area contributed by atoms with Gasteiger partial charge >= 0.3 is 0 Å². The molecule has 2 N–H and O–H groups in total. The Morgan fingerprint density at radius 2 is 2.10 bits per heavy atom. The second-order valence-corrected chi connectivity index (χ2v) is 6.49. The summed E-state index contributed by atoms with van der Waals surface area (Å²) in [6.45, 7) is 10.1. The molecular formula is C18H30N2O. The van der Waals surface area contributed by atoms with Crippen LogP contribution in [-0.2, 0) is 0 Å². The van der Waals surface area contributed by atoms with E-state index in [4.69, 9.17) is 0 Å². The number of phenols is 1. The highest BCUT2D eigenvalue weighted by Crippen LogP contribution is 2.33. The lowest BCUT2D eigenvalue weighted by atomic mass is 9.94. The molecule has 0 radical (unpaired) electrons. The van der Waals surface area contributed by atoms with E-state index in [1.807, 2.05) is 12.1 Å². The normalized spacial score (nSPS) is 20.9. The summed E-state index contributed by atoms with van der Waals surface area (Å²) in [5, 5.41) is 13.7. The number of para-hydroxylation sites is 1. The lowest BCUT2D eigenvalue weighted by Gasteiger charge is -2.38. The van der Waals surface area contributed by atoms with Crippen LogP contribution in [0.15, 0.2) is 24.3 Å². The first-order valence-corrected chi connectivity index (χ1v) is 8.37. The number of benzene rings is 1. The van der Waals surface area contributed by atoms with E-state index in [1.54, 1.807) is 6.07 Å². The smallest absolute Gasteiger partial charge is 0.120 e. The first-order valence-electron chi connectivity index (χ1n) is 8.37. The Hall–Kier alpha value is -1.06. The number of hydrogen-bond acceptors (Lipinski definition) is 3. The van der Waals surface area contributed by atoms with Gasteiger partial charge in [0.15, 0.2) is 0 Å². The van der Waals surface area contributed by atoms with Crippen LogP contribution in [0.3, 0.4) is 0 Å². The molecule has 0 bridgehead atoms. The van der Waals surface area contributed by atoms with Crippen molar-refractivity contribution in [2.24, 2.45) is 5.92 Å². The van der Waals surface area contributed by atoms with Crippen LogP contribution in [0, 0.1) is 5.92 Å². The van der Waals surface area contributed by atoms with E-state index in [2.05, 4.69) is 37.1 Å². The molecule has 1 heterocycles. The highest BCUT2D eigenvalue weighted by atomic mass is 16.3. The van der Waals surface area contributed by atoms with Gasteiger partial charge in [0, 0.05) is 24.2 Å². The molecule has 0 aliphatic carbocycles. The van der Waals surface area contributed by atoms with Crippen molar-refractivity contribution < 1.29 is 5.11 Å². The van der Waals surface area contributed by atoms with Gasteiger partial charge in [0.1, 0.15) is 5.75 Å². The largest absolute Gasteiger partial charge is 0.508 e. The third-order valence-corrected chi connectivity index (χ3v) is 4.61. The van der Waals surface area contributed by atoms with Crippen molar-refractivity contribution in [3.05, 3.63) is 29.8 Å². The standard InChI is InChI=1S/C18H30N2O/c1-4-17(16-9-5-6-10-18(16)21)20(14(2)3)13-15-8-7-11-19-12-15/h5-6,9-10,14-15,17,19,21H,4,7-8,11-13H2,1-3H3. The Labute approximate surface area is 129 Å². The zero-order chi connectivity index (χ0) is 15.2. The van der Waals surface area contributed by atoms with Gasteiger partial charge in [0.25, 0.3) is 0 Å². The average Bonchev–Trinajstić information content (AvgIpc) is 2.49. The third kappa shape index (κ3) is 4.21. The Morgan fingerprint density at radius 1 is 1.33 bits per heavy atom. The fraction of sp³-hybridized carbons (Fsp3) is 0.667. The molecule has 1 aromatic carbocycles. The molecule has 3 heteroatoms. The van der Waals surface area contributed by atoms with Crippen molar-refractivity contribution in [3.63, 3.8) is 0 Å². The van der Waals surface area contributed by atoms with Crippen LogP contribution >= 0.6 is 0 Å². The first kappa shape index (κ1) is 16.3. The molecule has 0 amide bonds. The molecule has 0 saturated carbocycles. The van der Waals surface area contributed by atoms with Gasteiger partial charge in [-0.15, -0.1) is 0 Å². The maximum absolute atomic E-state index is 10.2. The monoisotopic (exact) mass is 290 g/mol. The van der Waals surface area contributed by atoms with Crippen LogP contribution in [0.2, 0.25) is 0 Å². The molecule has 1 saturated heterocycles. The predicted molar refractivity (Wildman–Crippen MR) is 88.6 cm³/mol. The summed E-state index contributed by atoms with van der Waals surface area (Å²) in [5.41, 5.74) is 1.07. The fourth-order valence-corrected chi connectivity index (χ4v) is 3.48. The van der Waals surface area contributed by atoms with Crippen LogP contribution in [0.4, 0.5) is 0 Å². The highest BCUT2D eigenvalue weighted by Gasteiger charge is 2.26. The van der Waals surface area contributed by atoms with Crippen molar-refractivity contribution >= 4 is 0 Å². The molecule has 0 spiro atoms.